The van der Waals surface area contributed by atoms with Crippen LogP contribution < -0.4 is 11.1 Å². The van der Waals surface area contributed by atoms with Crippen LogP contribution >= 0.6 is 0 Å². The maximum absolute atomic E-state index is 12.8. The summed E-state index contributed by atoms with van der Waals surface area (Å²) in [6.45, 7) is 1.89. The molecule has 0 radical (unpaired) electrons. The largest absolute Gasteiger partial charge is 0.399 e. The van der Waals surface area contributed by atoms with Gasteiger partial charge in [-0.25, -0.2) is 0 Å². The highest BCUT2D eigenvalue weighted by Crippen LogP contribution is 2.28. The van der Waals surface area contributed by atoms with Gasteiger partial charge in [0, 0.05) is 37.3 Å². The number of fused-ring (bicyclic) bond motifs is 1. The number of carbonyl (C=O) groups excluding carboxylic acids is 3. The summed E-state index contributed by atoms with van der Waals surface area (Å²) in [5, 5.41) is 2.33. The lowest BCUT2D eigenvalue weighted by atomic mass is 10.0. The molecule has 0 aromatic heterocycles. The van der Waals surface area contributed by atoms with Crippen LogP contribution in [0.2, 0.25) is 0 Å². The molecule has 2 aliphatic heterocycles. The molecule has 1 unspecified atom stereocenters. The van der Waals surface area contributed by atoms with Crippen molar-refractivity contribution in [1.82, 2.24) is 15.1 Å². The Morgan fingerprint density at radius 3 is 2.59 bits per heavy atom. The SMILES string of the molecule is CN(Cc1cccc(N)c1)Cc1ccc2c(c1)CN(C1CCC(=O)NC1=O)C2=O. The smallest absolute Gasteiger partial charge is 0.255 e. The zero-order chi connectivity index (χ0) is 20.5. The fourth-order valence-electron chi connectivity index (χ4n) is 4.10. The molecule has 150 valence electrons. The van der Waals surface area contributed by atoms with E-state index in [1.807, 2.05) is 49.5 Å². The van der Waals surface area contributed by atoms with E-state index in [0.29, 0.717) is 18.5 Å². The van der Waals surface area contributed by atoms with Crippen LogP contribution in [0.25, 0.3) is 0 Å². The van der Waals surface area contributed by atoms with E-state index in [9.17, 15) is 14.4 Å². The molecule has 1 saturated heterocycles. The predicted molar refractivity (Wildman–Crippen MR) is 109 cm³/mol. The van der Waals surface area contributed by atoms with Crippen molar-refractivity contribution in [2.75, 3.05) is 12.8 Å². The Morgan fingerprint density at radius 2 is 1.86 bits per heavy atom. The summed E-state index contributed by atoms with van der Waals surface area (Å²) in [7, 11) is 2.04. The Bertz CT molecular complexity index is 988. The summed E-state index contributed by atoms with van der Waals surface area (Å²) in [5.74, 6) is -0.806. The number of benzene rings is 2. The number of rotatable bonds is 5. The maximum Gasteiger partial charge on any atom is 0.255 e. The molecule has 1 fully saturated rings. The van der Waals surface area contributed by atoms with Gasteiger partial charge in [-0.05, 0) is 48.4 Å². The van der Waals surface area contributed by atoms with Crippen molar-refractivity contribution in [2.45, 2.75) is 38.5 Å². The van der Waals surface area contributed by atoms with E-state index in [-0.39, 0.29) is 24.1 Å². The second-order valence-corrected chi connectivity index (χ2v) is 7.81. The number of nitrogens with two attached hydrogens (primary N) is 1. The zero-order valence-electron chi connectivity index (χ0n) is 16.4. The number of hydrogen-bond acceptors (Lipinski definition) is 5. The lowest BCUT2D eigenvalue weighted by Crippen LogP contribution is -2.52. The zero-order valence-corrected chi connectivity index (χ0v) is 16.4. The summed E-state index contributed by atoms with van der Waals surface area (Å²) >= 11 is 0. The lowest BCUT2D eigenvalue weighted by Gasteiger charge is -2.29. The normalized spacial score (nSPS) is 18.9. The van der Waals surface area contributed by atoms with Gasteiger partial charge in [-0.15, -0.1) is 0 Å². The summed E-state index contributed by atoms with van der Waals surface area (Å²) in [6, 6.07) is 13.1. The Labute approximate surface area is 169 Å². The minimum absolute atomic E-state index is 0.144. The highest BCUT2D eigenvalue weighted by atomic mass is 16.2. The highest BCUT2D eigenvalue weighted by molar-refractivity contribution is 6.05. The number of anilines is 1. The van der Waals surface area contributed by atoms with Gasteiger partial charge >= 0.3 is 0 Å². The van der Waals surface area contributed by atoms with E-state index < -0.39 is 6.04 Å². The average molecular weight is 392 g/mol. The quantitative estimate of drug-likeness (QED) is 0.596. The number of nitrogen functional groups attached to an aromatic ring is 1. The molecule has 2 aliphatic rings. The molecular weight excluding hydrogens is 368 g/mol. The second-order valence-electron chi connectivity index (χ2n) is 7.81. The molecule has 0 aliphatic carbocycles. The van der Waals surface area contributed by atoms with Gasteiger partial charge in [-0.2, -0.15) is 0 Å². The molecule has 3 amide bonds. The van der Waals surface area contributed by atoms with Crippen LogP contribution in [0.5, 0.6) is 0 Å². The Hall–Kier alpha value is -3.19. The number of nitrogens with one attached hydrogen (secondary N) is 1. The molecule has 2 heterocycles. The van der Waals surface area contributed by atoms with Crippen molar-refractivity contribution in [3.63, 3.8) is 0 Å². The van der Waals surface area contributed by atoms with E-state index in [1.165, 1.54) is 0 Å². The van der Waals surface area contributed by atoms with Crippen LogP contribution in [0.1, 0.15) is 39.9 Å². The van der Waals surface area contributed by atoms with Crippen LogP contribution in [0.3, 0.4) is 0 Å². The Morgan fingerprint density at radius 1 is 1.10 bits per heavy atom. The monoisotopic (exact) mass is 392 g/mol. The molecule has 0 saturated carbocycles. The molecule has 2 aromatic carbocycles. The summed E-state index contributed by atoms with van der Waals surface area (Å²) in [4.78, 5) is 40.1. The van der Waals surface area contributed by atoms with E-state index in [2.05, 4.69) is 10.2 Å². The molecule has 7 heteroatoms. The number of carbonyl (C=O) groups is 3. The number of nitrogens with zero attached hydrogens (tertiary/aromatic N) is 2. The Balaban J connectivity index is 1.44. The van der Waals surface area contributed by atoms with Crippen LogP contribution in [0.4, 0.5) is 5.69 Å². The molecule has 3 N–H and O–H groups in total. The third-order valence-electron chi connectivity index (χ3n) is 5.44. The summed E-state index contributed by atoms with van der Waals surface area (Å²) < 4.78 is 0. The van der Waals surface area contributed by atoms with Gasteiger partial charge in [0.05, 0.1) is 0 Å². The third kappa shape index (κ3) is 4.00. The number of piperidine rings is 1. The van der Waals surface area contributed by atoms with Crippen molar-refractivity contribution in [2.24, 2.45) is 0 Å². The minimum Gasteiger partial charge on any atom is -0.399 e. The second kappa shape index (κ2) is 7.67. The van der Waals surface area contributed by atoms with Crippen molar-refractivity contribution in [3.8, 4) is 0 Å². The lowest BCUT2D eigenvalue weighted by molar-refractivity contribution is -0.136. The Kier molecular flexibility index (Phi) is 5.07. The first-order chi connectivity index (χ1) is 13.9. The van der Waals surface area contributed by atoms with Crippen LogP contribution in [-0.2, 0) is 29.2 Å². The standard InChI is InChI=1S/C22H24N4O3/c1-25(11-14-3-2-4-17(23)10-14)12-15-5-6-18-16(9-15)13-26(22(18)29)19-7-8-20(27)24-21(19)28/h2-6,9-10,19H,7-8,11-13,23H2,1H3,(H,24,27,28). The number of hydrogen-bond donors (Lipinski definition) is 2. The molecule has 1 atom stereocenters. The fraction of sp³-hybridized carbons (Fsp3) is 0.318. The molecule has 0 spiro atoms. The fourth-order valence-corrected chi connectivity index (χ4v) is 4.10. The van der Waals surface area contributed by atoms with E-state index in [0.717, 1.165) is 35.5 Å². The van der Waals surface area contributed by atoms with Crippen LogP contribution in [0.15, 0.2) is 42.5 Å². The van der Waals surface area contributed by atoms with Crippen molar-refractivity contribution in [3.05, 3.63) is 64.7 Å². The molecule has 0 bridgehead atoms. The first kappa shape index (κ1) is 19.1. The van der Waals surface area contributed by atoms with Gasteiger partial charge in [0.2, 0.25) is 11.8 Å². The van der Waals surface area contributed by atoms with Crippen LogP contribution in [-0.4, -0.2) is 40.6 Å². The molecule has 29 heavy (non-hydrogen) atoms. The molecule has 7 nitrogen and oxygen atoms in total. The summed E-state index contributed by atoms with van der Waals surface area (Å²) in [5.41, 5.74) is 10.4. The van der Waals surface area contributed by atoms with Gasteiger partial charge in [0.15, 0.2) is 0 Å². The predicted octanol–water partition coefficient (Wildman–Crippen LogP) is 1.66. The number of amides is 3. The van der Waals surface area contributed by atoms with Crippen LogP contribution in [0, 0.1) is 0 Å². The van der Waals surface area contributed by atoms with Gasteiger partial charge in [-0.3, -0.25) is 24.6 Å². The van der Waals surface area contributed by atoms with E-state index in [4.69, 9.17) is 5.73 Å². The van der Waals surface area contributed by atoms with Crippen molar-refractivity contribution < 1.29 is 14.4 Å². The maximum atomic E-state index is 12.8. The van der Waals surface area contributed by atoms with Gasteiger partial charge in [-0.1, -0.05) is 24.3 Å². The van der Waals surface area contributed by atoms with Crippen molar-refractivity contribution >= 4 is 23.4 Å². The van der Waals surface area contributed by atoms with E-state index >= 15 is 0 Å². The molecule has 2 aromatic rings. The topological polar surface area (TPSA) is 95.7 Å². The van der Waals surface area contributed by atoms with Gasteiger partial charge in [0.25, 0.3) is 5.91 Å². The summed E-state index contributed by atoms with van der Waals surface area (Å²) in [6.07, 6.45) is 0.636. The van der Waals surface area contributed by atoms with Gasteiger partial charge in [0.1, 0.15) is 6.04 Å². The third-order valence-corrected chi connectivity index (χ3v) is 5.44. The average Bonchev–Trinajstić information content (AvgIpc) is 2.97. The molecule has 4 rings (SSSR count). The minimum atomic E-state index is -0.581. The first-order valence-corrected chi connectivity index (χ1v) is 9.70. The molecular formula is C22H24N4O3. The number of imide groups is 1. The highest BCUT2D eigenvalue weighted by Gasteiger charge is 2.39. The first-order valence-electron chi connectivity index (χ1n) is 9.70. The van der Waals surface area contributed by atoms with E-state index in [1.54, 1.807) is 4.90 Å². The van der Waals surface area contributed by atoms with Crippen molar-refractivity contribution in [1.29, 1.82) is 0 Å². The van der Waals surface area contributed by atoms with Gasteiger partial charge < -0.3 is 10.6 Å².